The van der Waals surface area contributed by atoms with Gasteiger partial charge < -0.3 is 20.7 Å². The van der Waals surface area contributed by atoms with Crippen molar-refractivity contribution in [1.29, 1.82) is 0 Å². The molecule has 0 fully saturated rings. The summed E-state index contributed by atoms with van der Waals surface area (Å²) in [6.07, 6.45) is -0.831. The van der Waals surface area contributed by atoms with E-state index in [0.717, 1.165) is 46.8 Å². The lowest BCUT2D eigenvalue weighted by Crippen LogP contribution is -2.28. The highest BCUT2D eigenvalue weighted by Crippen LogP contribution is 2.32. The first kappa shape index (κ1) is 20.1. The van der Waals surface area contributed by atoms with Gasteiger partial charge >= 0.3 is 6.09 Å². The zero-order valence-corrected chi connectivity index (χ0v) is 17.0. The number of rotatable bonds is 8. The number of ether oxygens (including phenoxy) is 1. The Morgan fingerprint density at radius 1 is 1.18 bits per heavy atom. The van der Waals surface area contributed by atoms with Gasteiger partial charge in [-0.25, -0.2) is 4.79 Å². The molecule has 2 aromatic carbocycles. The van der Waals surface area contributed by atoms with Crippen LogP contribution in [0, 0.1) is 0 Å². The highest BCUT2D eigenvalue weighted by atomic mass is 32.1. The summed E-state index contributed by atoms with van der Waals surface area (Å²) in [5, 5.41) is 4.74. The van der Waals surface area contributed by atoms with E-state index in [1.807, 2.05) is 36.4 Å². The van der Waals surface area contributed by atoms with Crippen molar-refractivity contribution in [2.24, 2.45) is 5.73 Å². The van der Waals surface area contributed by atoms with Crippen molar-refractivity contribution in [3.8, 4) is 0 Å². The zero-order valence-electron chi connectivity index (χ0n) is 16.2. The number of nitrogens with two attached hydrogens (primary N) is 1. The second-order valence-electron chi connectivity index (χ2n) is 6.47. The normalized spacial score (nSPS) is 11.2. The molecule has 1 amide bonds. The molecule has 0 radical (unpaired) electrons. The van der Waals surface area contributed by atoms with E-state index in [4.69, 9.17) is 10.5 Å². The Hall–Kier alpha value is -2.64. The van der Waals surface area contributed by atoms with Crippen molar-refractivity contribution in [2.75, 3.05) is 31.5 Å². The van der Waals surface area contributed by atoms with Crippen LogP contribution in [0.15, 0.2) is 41.2 Å². The number of benzene rings is 2. The lowest BCUT2D eigenvalue weighted by atomic mass is 10.1. The number of primary amides is 1. The average Bonchev–Trinajstić information content (AvgIpc) is 2.70. The number of nitrogens with one attached hydrogen (secondary N) is 1. The number of fused-ring (bicyclic) bond motifs is 2. The summed E-state index contributed by atoms with van der Waals surface area (Å²) < 4.78 is 6.71. The van der Waals surface area contributed by atoms with E-state index in [2.05, 4.69) is 24.1 Å². The Kier molecular flexibility index (Phi) is 6.49. The van der Waals surface area contributed by atoms with Crippen molar-refractivity contribution in [2.45, 2.75) is 20.5 Å². The fraction of sp³-hybridized carbons (Fsp3) is 0.333. The Balaban J connectivity index is 2.06. The van der Waals surface area contributed by atoms with Crippen LogP contribution in [0.1, 0.15) is 19.4 Å². The van der Waals surface area contributed by atoms with Crippen molar-refractivity contribution in [1.82, 2.24) is 4.90 Å². The van der Waals surface area contributed by atoms with Gasteiger partial charge in [-0.2, -0.15) is 0 Å². The van der Waals surface area contributed by atoms with Crippen LogP contribution in [0.25, 0.3) is 20.2 Å². The van der Waals surface area contributed by atoms with E-state index in [1.165, 1.54) is 11.3 Å². The van der Waals surface area contributed by atoms with Gasteiger partial charge in [-0.3, -0.25) is 4.79 Å². The van der Waals surface area contributed by atoms with Crippen molar-refractivity contribution < 1.29 is 9.53 Å². The van der Waals surface area contributed by atoms with Crippen LogP contribution in [-0.4, -0.2) is 37.2 Å². The lowest BCUT2D eigenvalue weighted by molar-refractivity contribution is 0.151. The number of carbonyl (C=O) groups excluding carboxylic acids is 1. The van der Waals surface area contributed by atoms with Gasteiger partial charge in [-0.1, -0.05) is 32.0 Å². The fourth-order valence-electron chi connectivity index (χ4n) is 3.25. The third kappa shape index (κ3) is 4.26. The van der Waals surface area contributed by atoms with Crippen LogP contribution >= 0.6 is 11.3 Å². The molecule has 28 heavy (non-hydrogen) atoms. The first-order valence-electron chi connectivity index (χ1n) is 9.41. The van der Waals surface area contributed by atoms with Gasteiger partial charge in [0.1, 0.15) is 6.61 Å². The first-order valence-corrected chi connectivity index (χ1v) is 10.2. The second-order valence-corrected chi connectivity index (χ2v) is 7.52. The lowest BCUT2D eigenvalue weighted by Gasteiger charge is -2.19. The maximum Gasteiger partial charge on any atom is 0.404 e. The molecule has 0 unspecified atom stereocenters. The van der Waals surface area contributed by atoms with Gasteiger partial charge in [0.05, 0.1) is 5.39 Å². The molecule has 0 spiro atoms. The quantitative estimate of drug-likeness (QED) is 0.563. The van der Waals surface area contributed by atoms with Crippen LogP contribution in [0.5, 0.6) is 0 Å². The van der Waals surface area contributed by atoms with Gasteiger partial charge in [0.25, 0.3) is 0 Å². The molecule has 7 heteroatoms. The van der Waals surface area contributed by atoms with E-state index in [9.17, 15) is 9.59 Å². The summed E-state index contributed by atoms with van der Waals surface area (Å²) in [4.78, 5) is 26.6. The molecular formula is C21H25N3O3S. The number of anilines is 1. The third-order valence-electron chi connectivity index (χ3n) is 4.82. The van der Waals surface area contributed by atoms with Crippen molar-refractivity contribution >= 4 is 43.3 Å². The first-order chi connectivity index (χ1) is 13.5. The summed E-state index contributed by atoms with van der Waals surface area (Å²) in [7, 11) is 0. The van der Waals surface area contributed by atoms with E-state index in [0.29, 0.717) is 10.8 Å². The summed E-state index contributed by atoms with van der Waals surface area (Å²) >= 11 is 1.52. The molecule has 0 atom stereocenters. The molecule has 1 heterocycles. The average molecular weight is 400 g/mol. The molecule has 3 N–H and O–H groups in total. The molecule has 0 bridgehead atoms. The minimum Gasteiger partial charge on any atom is -0.445 e. The van der Waals surface area contributed by atoms with Crippen LogP contribution in [-0.2, 0) is 11.3 Å². The van der Waals surface area contributed by atoms with E-state index in [-0.39, 0.29) is 12.0 Å². The maximum absolute atomic E-state index is 13.2. The van der Waals surface area contributed by atoms with Crippen LogP contribution in [0.3, 0.4) is 0 Å². The molecule has 3 aromatic rings. The molecule has 1 aromatic heterocycles. The zero-order chi connectivity index (χ0) is 20.1. The van der Waals surface area contributed by atoms with E-state index < -0.39 is 6.09 Å². The summed E-state index contributed by atoms with van der Waals surface area (Å²) in [5.41, 5.74) is 6.68. The van der Waals surface area contributed by atoms with Gasteiger partial charge in [0.2, 0.25) is 0 Å². The highest BCUT2D eigenvalue weighted by molar-refractivity contribution is 7.24. The fourth-order valence-corrected chi connectivity index (χ4v) is 4.45. The standard InChI is InChI=1S/C21H25N3O3S/c1-3-24(4-2)12-11-23-16-10-9-14(13-27-21(22)26)20-18(16)19(25)15-7-5-6-8-17(15)28-20/h5-10,23H,3-4,11-13H2,1-2H3,(H2,22,26). The Labute approximate surface area is 167 Å². The predicted octanol–water partition coefficient (Wildman–Crippen LogP) is 3.76. The largest absolute Gasteiger partial charge is 0.445 e. The Morgan fingerprint density at radius 3 is 2.64 bits per heavy atom. The molecule has 3 rings (SSSR count). The topological polar surface area (TPSA) is 84.7 Å². The van der Waals surface area contributed by atoms with Crippen molar-refractivity contribution in [3.05, 3.63) is 52.2 Å². The molecule has 6 nitrogen and oxygen atoms in total. The molecule has 0 aliphatic rings. The monoisotopic (exact) mass is 399 g/mol. The number of nitrogens with zero attached hydrogens (tertiary/aromatic N) is 1. The molecule has 0 aliphatic heterocycles. The highest BCUT2D eigenvalue weighted by Gasteiger charge is 2.14. The van der Waals surface area contributed by atoms with Crippen LogP contribution in [0.2, 0.25) is 0 Å². The molecule has 0 saturated carbocycles. The Morgan fingerprint density at radius 2 is 1.93 bits per heavy atom. The maximum atomic E-state index is 13.2. The minimum absolute atomic E-state index is 0.0179. The third-order valence-corrected chi connectivity index (χ3v) is 6.06. The predicted molar refractivity (Wildman–Crippen MR) is 116 cm³/mol. The van der Waals surface area contributed by atoms with Gasteiger partial charge in [0.15, 0.2) is 5.43 Å². The van der Waals surface area contributed by atoms with Gasteiger partial charge in [-0.15, -0.1) is 11.3 Å². The number of likely N-dealkylation sites (N-methyl/N-ethyl adjacent to an activating group) is 1. The summed E-state index contributed by atoms with van der Waals surface area (Å²) in [6, 6.07) is 11.3. The number of hydrogen-bond donors (Lipinski definition) is 2. The minimum atomic E-state index is -0.831. The molecule has 0 aliphatic carbocycles. The van der Waals surface area contributed by atoms with Crippen molar-refractivity contribution in [3.63, 3.8) is 0 Å². The van der Waals surface area contributed by atoms with Crippen LogP contribution < -0.4 is 16.5 Å². The van der Waals surface area contributed by atoms with Crippen LogP contribution in [0.4, 0.5) is 10.5 Å². The Bertz CT molecular complexity index is 1040. The van der Waals surface area contributed by atoms with Gasteiger partial charge in [0, 0.05) is 39.1 Å². The molecular weight excluding hydrogens is 374 g/mol. The smallest absolute Gasteiger partial charge is 0.404 e. The number of hydrogen-bond acceptors (Lipinski definition) is 6. The van der Waals surface area contributed by atoms with E-state index in [1.54, 1.807) is 0 Å². The number of carbonyl (C=O) groups is 1. The van der Waals surface area contributed by atoms with E-state index >= 15 is 0 Å². The molecule has 0 saturated heterocycles. The second kappa shape index (κ2) is 9.03. The summed E-state index contributed by atoms with van der Waals surface area (Å²) in [6.45, 7) is 7.92. The number of amides is 1. The summed E-state index contributed by atoms with van der Waals surface area (Å²) in [5.74, 6) is 0. The van der Waals surface area contributed by atoms with Gasteiger partial charge in [-0.05, 0) is 31.3 Å². The SMILES string of the molecule is CCN(CC)CCNc1ccc(COC(N)=O)c2sc3ccccc3c(=O)c12. The molecule has 148 valence electrons.